The van der Waals surface area contributed by atoms with E-state index in [-0.39, 0.29) is 5.92 Å². The molecule has 1 saturated heterocycles. The summed E-state index contributed by atoms with van der Waals surface area (Å²) in [5.74, 6) is 1.05. The van der Waals surface area contributed by atoms with Crippen molar-refractivity contribution < 1.29 is 4.52 Å². The first kappa shape index (κ1) is 14.0. The topological polar surface area (TPSA) is 56.3 Å². The van der Waals surface area contributed by atoms with Crippen molar-refractivity contribution >= 4 is 0 Å². The molecule has 2 heterocycles. The monoisotopic (exact) mass is 262 g/mol. The highest BCUT2D eigenvalue weighted by Gasteiger charge is 2.20. The van der Waals surface area contributed by atoms with Crippen LogP contribution in [-0.2, 0) is 6.54 Å². The summed E-state index contributed by atoms with van der Waals surface area (Å²) in [5.41, 5.74) is 2.22. The van der Waals surface area contributed by atoms with Gasteiger partial charge in [-0.2, -0.15) is 5.26 Å². The minimum atomic E-state index is 0.120. The van der Waals surface area contributed by atoms with Crippen molar-refractivity contribution in [1.29, 1.82) is 5.26 Å². The van der Waals surface area contributed by atoms with E-state index in [2.05, 4.69) is 21.0 Å². The number of nitriles is 1. The summed E-state index contributed by atoms with van der Waals surface area (Å²) in [6, 6.07) is 2.30. The standard InChI is InChI=1S/C14H22N4O/c1-11(8-15)9-17-4-6-18(7-5-17)10-14-12(2)16-19-13(14)3/h11H,4-7,9-10H2,1-3H3. The highest BCUT2D eigenvalue weighted by molar-refractivity contribution is 5.20. The third kappa shape index (κ3) is 3.55. The minimum absolute atomic E-state index is 0.120. The second-order valence-corrected chi connectivity index (χ2v) is 5.41. The van der Waals surface area contributed by atoms with Gasteiger partial charge in [-0.25, -0.2) is 0 Å². The van der Waals surface area contributed by atoms with Crippen molar-refractivity contribution in [1.82, 2.24) is 15.0 Å². The van der Waals surface area contributed by atoms with Crippen LogP contribution in [0.25, 0.3) is 0 Å². The first-order chi connectivity index (χ1) is 9.10. The quantitative estimate of drug-likeness (QED) is 0.824. The lowest BCUT2D eigenvalue weighted by atomic mass is 10.1. The van der Waals surface area contributed by atoms with E-state index in [0.29, 0.717) is 0 Å². The molecule has 104 valence electrons. The molecule has 1 fully saturated rings. The fraction of sp³-hybridized carbons (Fsp3) is 0.714. The molecule has 0 aromatic carbocycles. The average molecular weight is 262 g/mol. The van der Waals surface area contributed by atoms with Crippen LogP contribution in [0, 0.1) is 31.1 Å². The van der Waals surface area contributed by atoms with Crippen LogP contribution in [0.15, 0.2) is 4.52 Å². The van der Waals surface area contributed by atoms with Crippen molar-refractivity contribution in [3.63, 3.8) is 0 Å². The fourth-order valence-corrected chi connectivity index (χ4v) is 2.51. The number of hydrogen-bond donors (Lipinski definition) is 0. The Kier molecular flexibility index (Phi) is 4.56. The molecule has 5 heteroatoms. The van der Waals surface area contributed by atoms with Gasteiger partial charge in [-0.15, -0.1) is 0 Å². The summed E-state index contributed by atoms with van der Waals surface area (Å²) in [7, 11) is 0. The zero-order valence-corrected chi connectivity index (χ0v) is 12.0. The van der Waals surface area contributed by atoms with Gasteiger partial charge in [0.25, 0.3) is 0 Å². The van der Waals surface area contributed by atoms with Gasteiger partial charge in [-0.1, -0.05) is 5.16 Å². The Hall–Kier alpha value is -1.38. The van der Waals surface area contributed by atoms with Crippen molar-refractivity contribution in [2.75, 3.05) is 32.7 Å². The average Bonchev–Trinajstić information content (AvgIpc) is 2.72. The normalized spacial score (nSPS) is 19.3. The van der Waals surface area contributed by atoms with Gasteiger partial charge < -0.3 is 4.52 Å². The molecule has 0 saturated carbocycles. The second-order valence-electron chi connectivity index (χ2n) is 5.41. The first-order valence-corrected chi connectivity index (χ1v) is 6.86. The van der Waals surface area contributed by atoms with Crippen LogP contribution >= 0.6 is 0 Å². The molecule has 0 radical (unpaired) electrons. The highest BCUT2D eigenvalue weighted by atomic mass is 16.5. The molecular formula is C14H22N4O. The van der Waals surface area contributed by atoms with Gasteiger partial charge in [0.2, 0.25) is 0 Å². The number of hydrogen-bond acceptors (Lipinski definition) is 5. The Bertz CT molecular complexity index is 435. The molecule has 5 nitrogen and oxygen atoms in total. The van der Waals surface area contributed by atoms with Gasteiger partial charge >= 0.3 is 0 Å². The third-order valence-corrected chi connectivity index (χ3v) is 3.78. The fourth-order valence-electron chi connectivity index (χ4n) is 2.51. The summed E-state index contributed by atoms with van der Waals surface area (Å²) >= 11 is 0. The van der Waals surface area contributed by atoms with E-state index in [0.717, 1.165) is 50.7 Å². The molecule has 0 spiro atoms. The van der Waals surface area contributed by atoms with Crippen LogP contribution in [0.4, 0.5) is 0 Å². The van der Waals surface area contributed by atoms with Gasteiger partial charge in [0.15, 0.2) is 0 Å². The highest BCUT2D eigenvalue weighted by Crippen LogP contribution is 2.16. The molecule has 2 rings (SSSR count). The van der Waals surface area contributed by atoms with Crippen LogP contribution in [0.1, 0.15) is 23.9 Å². The Labute approximate surface area is 114 Å². The lowest BCUT2D eigenvalue weighted by Crippen LogP contribution is -2.47. The number of nitrogens with zero attached hydrogens (tertiary/aromatic N) is 4. The summed E-state index contributed by atoms with van der Waals surface area (Å²) in [6.07, 6.45) is 0. The van der Waals surface area contributed by atoms with E-state index >= 15 is 0 Å². The predicted molar refractivity (Wildman–Crippen MR) is 72.5 cm³/mol. The van der Waals surface area contributed by atoms with E-state index in [4.69, 9.17) is 9.78 Å². The molecular weight excluding hydrogens is 240 g/mol. The smallest absolute Gasteiger partial charge is 0.138 e. The maximum absolute atomic E-state index is 8.85. The SMILES string of the molecule is Cc1noc(C)c1CN1CCN(CC(C)C#N)CC1. The number of aryl methyl sites for hydroxylation is 2. The van der Waals surface area contributed by atoms with E-state index in [1.54, 1.807) is 0 Å². The number of rotatable bonds is 4. The third-order valence-electron chi connectivity index (χ3n) is 3.78. The Morgan fingerprint density at radius 2 is 1.89 bits per heavy atom. The van der Waals surface area contributed by atoms with Crippen LogP contribution in [-0.4, -0.2) is 47.7 Å². The molecule has 1 atom stereocenters. The van der Waals surface area contributed by atoms with Gasteiger partial charge in [0, 0.05) is 44.8 Å². The lowest BCUT2D eigenvalue weighted by molar-refractivity contribution is 0.120. The van der Waals surface area contributed by atoms with E-state index < -0.39 is 0 Å². The molecule has 0 aliphatic carbocycles. The van der Waals surface area contributed by atoms with Gasteiger partial charge in [0.1, 0.15) is 5.76 Å². The minimum Gasteiger partial charge on any atom is -0.361 e. The van der Waals surface area contributed by atoms with E-state index in [9.17, 15) is 0 Å². The molecule has 0 amide bonds. The summed E-state index contributed by atoms with van der Waals surface area (Å²) in [5, 5.41) is 12.8. The summed E-state index contributed by atoms with van der Waals surface area (Å²) in [4.78, 5) is 4.80. The van der Waals surface area contributed by atoms with Crippen LogP contribution in [0.5, 0.6) is 0 Å². The molecule has 1 unspecified atom stereocenters. The van der Waals surface area contributed by atoms with Gasteiger partial charge in [-0.3, -0.25) is 9.80 Å². The molecule has 0 bridgehead atoms. The van der Waals surface area contributed by atoms with Crippen molar-refractivity contribution in [2.24, 2.45) is 5.92 Å². The van der Waals surface area contributed by atoms with Crippen LogP contribution < -0.4 is 0 Å². The number of piperazine rings is 1. The second kappa shape index (κ2) is 6.18. The van der Waals surface area contributed by atoms with Gasteiger partial charge in [-0.05, 0) is 20.8 Å². The number of aromatic nitrogens is 1. The Balaban J connectivity index is 1.83. The molecule has 0 N–H and O–H groups in total. The van der Waals surface area contributed by atoms with Crippen molar-refractivity contribution in [3.8, 4) is 6.07 Å². The molecule has 19 heavy (non-hydrogen) atoms. The molecule has 1 aromatic heterocycles. The first-order valence-electron chi connectivity index (χ1n) is 6.86. The largest absolute Gasteiger partial charge is 0.361 e. The van der Waals surface area contributed by atoms with Crippen LogP contribution in [0.2, 0.25) is 0 Å². The maximum atomic E-state index is 8.85. The van der Waals surface area contributed by atoms with Crippen molar-refractivity contribution in [3.05, 3.63) is 17.0 Å². The molecule has 1 aliphatic rings. The van der Waals surface area contributed by atoms with Crippen LogP contribution in [0.3, 0.4) is 0 Å². The van der Waals surface area contributed by atoms with Gasteiger partial charge in [0.05, 0.1) is 17.7 Å². The predicted octanol–water partition coefficient (Wildman–Crippen LogP) is 1.57. The zero-order chi connectivity index (χ0) is 13.8. The van der Waals surface area contributed by atoms with Crippen molar-refractivity contribution in [2.45, 2.75) is 27.3 Å². The maximum Gasteiger partial charge on any atom is 0.138 e. The molecule has 1 aliphatic heterocycles. The molecule has 1 aromatic rings. The summed E-state index contributed by atoms with van der Waals surface area (Å²) in [6.45, 7) is 11.9. The Morgan fingerprint density at radius 3 is 2.42 bits per heavy atom. The summed E-state index contributed by atoms with van der Waals surface area (Å²) < 4.78 is 5.20. The van der Waals surface area contributed by atoms with E-state index in [1.165, 1.54) is 5.56 Å². The Morgan fingerprint density at radius 1 is 1.26 bits per heavy atom. The van der Waals surface area contributed by atoms with E-state index in [1.807, 2.05) is 20.8 Å². The lowest BCUT2D eigenvalue weighted by Gasteiger charge is -2.35. The zero-order valence-electron chi connectivity index (χ0n) is 12.0.